The number of benzene rings is 1. The fourth-order valence-corrected chi connectivity index (χ4v) is 3.54. The molecule has 23 heavy (non-hydrogen) atoms. The largest absolute Gasteiger partial charge is 0.462 e. The van der Waals surface area contributed by atoms with Gasteiger partial charge in [0.05, 0.1) is 6.61 Å². The molecule has 1 aliphatic rings. The highest BCUT2D eigenvalue weighted by atomic mass is 32.1. The molecule has 1 amide bonds. The third-order valence-electron chi connectivity index (χ3n) is 4.04. The highest BCUT2D eigenvalue weighted by Gasteiger charge is 2.39. The van der Waals surface area contributed by atoms with Crippen molar-refractivity contribution in [2.45, 2.75) is 20.3 Å². The smallest absolute Gasteiger partial charge is 0.341 e. The van der Waals surface area contributed by atoms with Gasteiger partial charge >= 0.3 is 5.97 Å². The highest BCUT2D eigenvalue weighted by molar-refractivity contribution is 7.15. The molecule has 1 fully saturated rings. The van der Waals surface area contributed by atoms with Crippen LogP contribution in [0.2, 0.25) is 0 Å². The van der Waals surface area contributed by atoms with E-state index >= 15 is 0 Å². The van der Waals surface area contributed by atoms with Crippen molar-refractivity contribution in [3.05, 3.63) is 41.3 Å². The number of esters is 1. The maximum absolute atomic E-state index is 12.4. The Morgan fingerprint density at radius 3 is 2.61 bits per heavy atom. The zero-order valence-corrected chi connectivity index (χ0v) is 14.0. The predicted octanol–water partition coefficient (Wildman–Crippen LogP) is 4.19. The standard InChI is InChI=1S/C18H19NO3S/c1-3-22-18(21)15-14(12-7-5-4-6-8-12)10-23-17(15)19-16(20)13-9-11(13)2/h4-8,10-11,13H,3,9H2,1-2H3,(H,19,20)/t11-,13-/m1/s1. The lowest BCUT2D eigenvalue weighted by Crippen LogP contribution is -2.16. The van der Waals surface area contributed by atoms with E-state index in [4.69, 9.17) is 4.74 Å². The molecule has 1 heterocycles. The first-order valence-electron chi connectivity index (χ1n) is 7.76. The van der Waals surface area contributed by atoms with E-state index in [9.17, 15) is 9.59 Å². The van der Waals surface area contributed by atoms with Crippen molar-refractivity contribution in [3.63, 3.8) is 0 Å². The van der Waals surface area contributed by atoms with Crippen LogP contribution < -0.4 is 5.32 Å². The topological polar surface area (TPSA) is 55.4 Å². The van der Waals surface area contributed by atoms with Gasteiger partial charge in [0.2, 0.25) is 5.91 Å². The second-order valence-corrected chi connectivity index (χ2v) is 6.63. The lowest BCUT2D eigenvalue weighted by atomic mass is 10.0. The molecule has 0 unspecified atom stereocenters. The quantitative estimate of drug-likeness (QED) is 0.837. The summed E-state index contributed by atoms with van der Waals surface area (Å²) in [6.07, 6.45) is 0.914. The molecule has 1 aliphatic carbocycles. The third-order valence-corrected chi connectivity index (χ3v) is 4.93. The van der Waals surface area contributed by atoms with E-state index in [2.05, 4.69) is 12.2 Å². The van der Waals surface area contributed by atoms with Gasteiger partial charge < -0.3 is 10.1 Å². The Morgan fingerprint density at radius 2 is 2.00 bits per heavy atom. The van der Waals surface area contributed by atoms with Crippen LogP contribution in [0.3, 0.4) is 0 Å². The summed E-state index contributed by atoms with van der Waals surface area (Å²) in [6, 6.07) is 9.66. The Morgan fingerprint density at radius 1 is 1.30 bits per heavy atom. The number of carbonyl (C=O) groups excluding carboxylic acids is 2. The number of amides is 1. The van der Waals surface area contributed by atoms with E-state index in [1.54, 1.807) is 6.92 Å². The number of hydrogen-bond acceptors (Lipinski definition) is 4. The van der Waals surface area contributed by atoms with E-state index < -0.39 is 5.97 Å². The average Bonchev–Trinajstić information content (AvgIpc) is 3.14. The van der Waals surface area contributed by atoms with E-state index in [1.807, 2.05) is 35.7 Å². The minimum atomic E-state index is -0.397. The van der Waals surface area contributed by atoms with Crippen LogP contribution in [0.25, 0.3) is 11.1 Å². The van der Waals surface area contributed by atoms with Gasteiger partial charge in [-0.25, -0.2) is 4.79 Å². The third kappa shape index (κ3) is 3.29. The zero-order valence-electron chi connectivity index (χ0n) is 13.2. The van der Waals surface area contributed by atoms with Crippen LogP contribution in [-0.2, 0) is 9.53 Å². The monoisotopic (exact) mass is 329 g/mol. The SMILES string of the molecule is CCOC(=O)c1c(-c2ccccc2)csc1NC(=O)[C@@H]1C[C@H]1C. The number of anilines is 1. The summed E-state index contributed by atoms with van der Waals surface area (Å²) in [6.45, 7) is 4.13. The number of hydrogen-bond donors (Lipinski definition) is 1. The molecular weight excluding hydrogens is 310 g/mol. The molecule has 5 heteroatoms. The summed E-state index contributed by atoms with van der Waals surface area (Å²) in [5, 5.41) is 5.38. The van der Waals surface area contributed by atoms with Gasteiger partial charge in [0.15, 0.2) is 0 Å². The normalized spacial score (nSPS) is 19.2. The maximum Gasteiger partial charge on any atom is 0.341 e. The molecule has 2 aromatic rings. The van der Waals surface area contributed by atoms with Crippen molar-refractivity contribution >= 4 is 28.2 Å². The van der Waals surface area contributed by atoms with Crippen molar-refractivity contribution in [2.75, 3.05) is 11.9 Å². The average molecular weight is 329 g/mol. The van der Waals surface area contributed by atoms with Crippen LogP contribution in [0.15, 0.2) is 35.7 Å². The Bertz CT molecular complexity index is 723. The van der Waals surface area contributed by atoms with Gasteiger partial charge in [-0.05, 0) is 24.8 Å². The fourth-order valence-electron chi connectivity index (χ4n) is 2.58. The number of ether oxygens (including phenoxy) is 1. The van der Waals surface area contributed by atoms with Crippen molar-refractivity contribution < 1.29 is 14.3 Å². The molecule has 0 spiro atoms. The lowest BCUT2D eigenvalue weighted by molar-refractivity contribution is -0.117. The molecule has 1 saturated carbocycles. The minimum absolute atomic E-state index is 0.00971. The zero-order chi connectivity index (χ0) is 16.4. The lowest BCUT2D eigenvalue weighted by Gasteiger charge is -2.08. The Hall–Kier alpha value is -2.14. The van der Waals surface area contributed by atoms with Gasteiger partial charge in [0.25, 0.3) is 0 Å². The second-order valence-electron chi connectivity index (χ2n) is 5.75. The summed E-state index contributed by atoms with van der Waals surface area (Å²) in [4.78, 5) is 24.6. The van der Waals surface area contributed by atoms with Crippen LogP contribution in [0.4, 0.5) is 5.00 Å². The molecule has 4 nitrogen and oxygen atoms in total. The molecule has 120 valence electrons. The van der Waals surface area contributed by atoms with E-state index in [0.29, 0.717) is 23.1 Å². The number of carbonyl (C=O) groups is 2. The van der Waals surface area contributed by atoms with Gasteiger partial charge in [0.1, 0.15) is 10.6 Å². The minimum Gasteiger partial charge on any atom is -0.462 e. The predicted molar refractivity (Wildman–Crippen MR) is 91.6 cm³/mol. The highest BCUT2D eigenvalue weighted by Crippen LogP contribution is 2.41. The van der Waals surface area contributed by atoms with Crippen LogP contribution in [-0.4, -0.2) is 18.5 Å². The van der Waals surface area contributed by atoms with Crippen LogP contribution in [0, 0.1) is 11.8 Å². The molecule has 2 atom stereocenters. The number of rotatable bonds is 5. The van der Waals surface area contributed by atoms with Gasteiger partial charge in [0, 0.05) is 16.9 Å². The van der Waals surface area contributed by atoms with Crippen LogP contribution >= 0.6 is 11.3 Å². The van der Waals surface area contributed by atoms with Crippen molar-refractivity contribution in [2.24, 2.45) is 11.8 Å². The van der Waals surface area contributed by atoms with Crippen molar-refractivity contribution in [1.82, 2.24) is 0 Å². The number of nitrogens with one attached hydrogen (secondary N) is 1. The molecule has 1 aromatic carbocycles. The maximum atomic E-state index is 12.4. The summed E-state index contributed by atoms with van der Waals surface area (Å²) in [7, 11) is 0. The Balaban J connectivity index is 1.94. The van der Waals surface area contributed by atoms with E-state index in [0.717, 1.165) is 17.5 Å². The molecule has 0 bridgehead atoms. The first-order valence-corrected chi connectivity index (χ1v) is 8.64. The molecule has 0 radical (unpaired) electrons. The molecule has 0 aliphatic heterocycles. The summed E-state index contributed by atoms with van der Waals surface area (Å²) >= 11 is 1.37. The first-order chi connectivity index (χ1) is 11.1. The number of thiophene rings is 1. The fraction of sp³-hybridized carbons (Fsp3) is 0.333. The van der Waals surface area contributed by atoms with Crippen LogP contribution in [0.5, 0.6) is 0 Å². The van der Waals surface area contributed by atoms with Gasteiger partial charge in [-0.3, -0.25) is 4.79 Å². The molecular formula is C18H19NO3S. The van der Waals surface area contributed by atoms with Gasteiger partial charge in [-0.1, -0.05) is 37.3 Å². The Kier molecular flexibility index (Phi) is 4.48. The summed E-state index contributed by atoms with van der Waals surface area (Å²) in [5.41, 5.74) is 2.19. The Labute approximate surface area is 139 Å². The summed E-state index contributed by atoms with van der Waals surface area (Å²) in [5.74, 6) is 0.0816. The molecule has 1 aromatic heterocycles. The molecule has 3 rings (SSSR count). The van der Waals surface area contributed by atoms with Gasteiger partial charge in [-0.15, -0.1) is 11.3 Å². The molecule has 1 N–H and O–H groups in total. The van der Waals surface area contributed by atoms with Gasteiger partial charge in [-0.2, -0.15) is 0 Å². The second kappa shape index (κ2) is 6.54. The van der Waals surface area contributed by atoms with E-state index in [-0.39, 0.29) is 11.8 Å². The van der Waals surface area contributed by atoms with Crippen LogP contribution in [0.1, 0.15) is 30.6 Å². The van der Waals surface area contributed by atoms with Crippen molar-refractivity contribution in [3.8, 4) is 11.1 Å². The first kappa shape index (κ1) is 15.7. The molecule has 0 saturated heterocycles. The van der Waals surface area contributed by atoms with E-state index in [1.165, 1.54) is 11.3 Å². The summed E-state index contributed by atoms with van der Waals surface area (Å²) < 4.78 is 5.18. The van der Waals surface area contributed by atoms with Crippen molar-refractivity contribution in [1.29, 1.82) is 0 Å².